The van der Waals surface area contributed by atoms with Gasteiger partial charge in [-0.05, 0) is 62.2 Å². The van der Waals surface area contributed by atoms with Crippen LogP contribution >= 0.6 is 0 Å². The Morgan fingerprint density at radius 1 is 1.15 bits per heavy atom. The molecule has 33 heavy (non-hydrogen) atoms. The fourth-order valence-corrected chi connectivity index (χ4v) is 4.33. The highest BCUT2D eigenvalue weighted by atomic mass is 19.1. The van der Waals surface area contributed by atoms with Gasteiger partial charge in [0.1, 0.15) is 17.3 Å². The van der Waals surface area contributed by atoms with Crippen molar-refractivity contribution >= 4 is 11.6 Å². The molecule has 0 aliphatic carbocycles. The van der Waals surface area contributed by atoms with Crippen LogP contribution in [0.4, 0.5) is 4.39 Å². The van der Waals surface area contributed by atoms with Crippen LogP contribution in [0.3, 0.4) is 0 Å². The van der Waals surface area contributed by atoms with E-state index in [1.54, 1.807) is 23.8 Å². The lowest BCUT2D eigenvalue weighted by molar-refractivity contribution is 0.0698. The number of rotatable bonds is 4. The van der Waals surface area contributed by atoms with Crippen molar-refractivity contribution in [3.05, 3.63) is 77.8 Å². The Bertz CT molecular complexity index is 1340. The largest absolute Gasteiger partial charge is 0.496 e. The summed E-state index contributed by atoms with van der Waals surface area (Å²) < 4.78 is 20.9. The number of benzene rings is 1. The van der Waals surface area contributed by atoms with Crippen LogP contribution in [0, 0.1) is 12.7 Å². The van der Waals surface area contributed by atoms with E-state index < -0.39 is 0 Å². The summed E-state index contributed by atoms with van der Waals surface area (Å²) in [4.78, 5) is 23.9. The van der Waals surface area contributed by atoms with E-state index in [9.17, 15) is 9.18 Å². The second kappa shape index (κ2) is 8.61. The van der Waals surface area contributed by atoms with Crippen molar-refractivity contribution in [1.82, 2.24) is 24.5 Å². The van der Waals surface area contributed by atoms with Crippen molar-refractivity contribution in [1.29, 1.82) is 0 Å². The summed E-state index contributed by atoms with van der Waals surface area (Å²) in [5.41, 5.74) is 3.42. The Morgan fingerprint density at radius 2 is 2.03 bits per heavy atom. The number of piperidine rings is 1. The van der Waals surface area contributed by atoms with Gasteiger partial charge in [-0.25, -0.2) is 18.9 Å². The average Bonchev–Trinajstić information content (AvgIpc) is 3.27. The van der Waals surface area contributed by atoms with Gasteiger partial charge in [-0.2, -0.15) is 5.10 Å². The third-order valence-electron chi connectivity index (χ3n) is 6.00. The first kappa shape index (κ1) is 21.1. The maximum Gasteiger partial charge on any atom is 0.272 e. The number of carbonyl (C=O) groups is 1. The molecule has 0 radical (unpaired) electrons. The van der Waals surface area contributed by atoms with E-state index in [2.05, 4.69) is 4.98 Å². The standard InChI is InChI=1S/C25H24FN5O2/c1-16-5-3-7-21(27-16)25(32)30-12-4-6-18(14-30)24-28-23-11-8-17(15-31(23)29-24)20-13-19(26)9-10-22(20)33-2/h3,5,7-11,13,15,18H,4,6,12,14H2,1-2H3/t18-/m0/s1. The normalized spacial score (nSPS) is 16.2. The summed E-state index contributed by atoms with van der Waals surface area (Å²) in [6.45, 7) is 3.13. The smallest absolute Gasteiger partial charge is 0.272 e. The van der Waals surface area contributed by atoms with Gasteiger partial charge in [0, 0.05) is 42.0 Å². The predicted octanol–water partition coefficient (Wildman–Crippen LogP) is 4.27. The molecule has 3 aromatic heterocycles. The summed E-state index contributed by atoms with van der Waals surface area (Å²) in [6, 6.07) is 13.7. The van der Waals surface area contributed by atoms with Crippen molar-refractivity contribution < 1.29 is 13.9 Å². The van der Waals surface area contributed by atoms with E-state index in [0.717, 1.165) is 24.1 Å². The lowest BCUT2D eigenvalue weighted by atomic mass is 9.97. The lowest BCUT2D eigenvalue weighted by Crippen LogP contribution is -2.39. The average molecular weight is 445 g/mol. The highest BCUT2D eigenvalue weighted by Crippen LogP contribution is 2.31. The highest BCUT2D eigenvalue weighted by molar-refractivity contribution is 5.92. The van der Waals surface area contributed by atoms with Crippen molar-refractivity contribution in [3.8, 4) is 16.9 Å². The molecule has 4 heterocycles. The molecule has 0 N–H and O–H groups in total. The van der Waals surface area contributed by atoms with Gasteiger partial charge in [0.2, 0.25) is 0 Å². The Labute approximate surface area is 190 Å². The summed E-state index contributed by atoms with van der Waals surface area (Å²) in [5.74, 6) is 0.933. The Kier molecular flexibility index (Phi) is 5.50. The second-order valence-electron chi connectivity index (χ2n) is 8.29. The molecule has 168 valence electrons. The molecule has 1 aliphatic rings. The van der Waals surface area contributed by atoms with Gasteiger partial charge in [0.25, 0.3) is 5.91 Å². The van der Waals surface area contributed by atoms with Crippen LogP contribution in [-0.2, 0) is 0 Å². The molecule has 0 saturated carbocycles. The predicted molar refractivity (Wildman–Crippen MR) is 122 cm³/mol. The van der Waals surface area contributed by atoms with Gasteiger partial charge in [-0.1, -0.05) is 6.07 Å². The molecule has 4 aromatic rings. The minimum absolute atomic E-state index is 0.0413. The summed E-state index contributed by atoms with van der Waals surface area (Å²) in [7, 11) is 1.56. The van der Waals surface area contributed by atoms with Crippen molar-refractivity contribution in [3.63, 3.8) is 0 Å². The van der Waals surface area contributed by atoms with Gasteiger partial charge in [0.15, 0.2) is 11.5 Å². The first-order valence-corrected chi connectivity index (χ1v) is 10.9. The number of aromatic nitrogens is 4. The molecule has 7 nitrogen and oxygen atoms in total. The number of likely N-dealkylation sites (tertiary alicyclic amines) is 1. The van der Waals surface area contributed by atoms with Crippen molar-refractivity contribution in [2.75, 3.05) is 20.2 Å². The molecule has 1 fully saturated rings. The third-order valence-corrected chi connectivity index (χ3v) is 6.00. The number of carbonyl (C=O) groups excluding carboxylic acids is 1. The quantitative estimate of drug-likeness (QED) is 0.469. The number of nitrogens with zero attached hydrogens (tertiary/aromatic N) is 5. The van der Waals surface area contributed by atoms with E-state index in [-0.39, 0.29) is 17.6 Å². The zero-order valence-corrected chi connectivity index (χ0v) is 18.5. The topological polar surface area (TPSA) is 72.6 Å². The fraction of sp³-hybridized carbons (Fsp3) is 0.280. The molecular formula is C25H24FN5O2. The molecule has 1 amide bonds. The first-order valence-electron chi connectivity index (χ1n) is 10.9. The number of halogens is 1. The zero-order chi connectivity index (χ0) is 22.9. The first-order chi connectivity index (χ1) is 16.0. The van der Waals surface area contributed by atoms with Gasteiger partial charge >= 0.3 is 0 Å². The Hall–Kier alpha value is -3.81. The number of aryl methyl sites for hydroxylation is 1. The Morgan fingerprint density at radius 3 is 2.85 bits per heavy atom. The van der Waals surface area contributed by atoms with E-state index >= 15 is 0 Å². The summed E-state index contributed by atoms with van der Waals surface area (Å²) >= 11 is 0. The molecule has 0 bridgehead atoms. The second-order valence-corrected chi connectivity index (χ2v) is 8.29. The number of ether oxygens (including phenoxy) is 1. The maximum absolute atomic E-state index is 13.8. The van der Waals surface area contributed by atoms with E-state index in [0.29, 0.717) is 41.6 Å². The molecule has 1 saturated heterocycles. The zero-order valence-electron chi connectivity index (χ0n) is 18.5. The van der Waals surface area contributed by atoms with Gasteiger partial charge < -0.3 is 9.64 Å². The number of fused-ring (bicyclic) bond motifs is 1. The lowest BCUT2D eigenvalue weighted by Gasteiger charge is -2.31. The van der Waals surface area contributed by atoms with Crippen molar-refractivity contribution in [2.45, 2.75) is 25.7 Å². The summed E-state index contributed by atoms with van der Waals surface area (Å²) in [6.07, 6.45) is 3.61. The number of hydrogen-bond acceptors (Lipinski definition) is 5. The van der Waals surface area contributed by atoms with Crippen LogP contribution < -0.4 is 4.74 Å². The third kappa shape index (κ3) is 4.16. The van der Waals surface area contributed by atoms with Crippen LogP contribution in [0.1, 0.15) is 40.8 Å². The van der Waals surface area contributed by atoms with Crippen LogP contribution in [0.25, 0.3) is 16.8 Å². The van der Waals surface area contributed by atoms with Crippen LogP contribution in [0.5, 0.6) is 5.75 Å². The van der Waals surface area contributed by atoms with Crippen molar-refractivity contribution in [2.24, 2.45) is 0 Å². The minimum atomic E-state index is -0.333. The minimum Gasteiger partial charge on any atom is -0.496 e. The van der Waals surface area contributed by atoms with Gasteiger partial charge in [-0.3, -0.25) is 4.79 Å². The highest BCUT2D eigenvalue weighted by Gasteiger charge is 2.28. The molecular weight excluding hydrogens is 421 g/mol. The molecule has 1 aliphatic heterocycles. The Balaban J connectivity index is 1.41. The monoisotopic (exact) mass is 445 g/mol. The summed E-state index contributed by atoms with van der Waals surface area (Å²) in [5, 5.41) is 4.70. The van der Waals surface area contributed by atoms with E-state index in [1.165, 1.54) is 12.1 Å². The van der Waals surface area contributed by atoms with Gasteiger partial charge in [-0.15, -0.1) is 0 Å². The van der Waals surface area contributed by atoms with E-state index in [4.69, 9.17) is 14.8 Å². The number of pyridine rings is 2. The fourth-order valence-electron chi connectivity index (χ4n) is 4.33. The molecule has 1 atom stereocenters. The molecule has 0 spiro atoms. The molecule has 0 unspecified atom stereocenters. The van der Waals surface area contributed by atoms with E-state index in [1.807, 2.05) is 42.3 Å². The SMILES string of the molecule is COc1ccc(F)cc1-c1ccc2nc([C@H]3CCCN(C(=O)c4cccc(C)n4)C3)nn2c1. The van der Waals surface area contributed by atoms with Crippen LogP contribution in [-0.4, -0.2) is 50.6 Å². The number of amides is 1. The van der Waals surface area contributed by atoms with Gasteiger partial charge in [0.05, 0.1) is 7.11 Å². The van der Waals surface area contributed by atoms with Crippen LogP contribution in [0.15, 0.2) is 54.7 Å². The number of methoxy groups -OCH3 is 1. The van der Waals surface area contributed by atoms with Crippen LogP contribution in [0.2, 0.25) is 0 Å². The molecule has 8 heteroatoms. The number of hydrogen-bond donors (Lipinski definition) is 0. The molecule has 1 aromatic carbocycles. The molecule has 5 rings (SSSR count). The maximum atomic E-state index is 13.8.